The van der Waals surface area contributed by atoms with Gasteiger partial charge in [0.1, 0.15) is 11.6 Å². The zero-order valence-electron chi connectivity index (χ0n) is 10.8. The van der Waals surface area contributed by atoms with Crippen molar-refractivity contribution < 1.29 is 4.39 Å². The molecule has 0 radical (unpaired) electrons. The number of rotatable bonds is 3. The van der Waals surface area contributed by atoms with Crippen LogP contribution < -0.4 is 0 Å². The topological polar surface area (TPSA) is 17.8 Å². The van der Waals surface area contributed by atoms with Gasteiger partial charge in [0.25, 0.3) is 0 Å². The lowest BCUT2D eigenvalue weighted by Gasteiger charge is -2.10. The Kier molecular flexibility index (Phi) is 3.22. The second-order valence-corrected chi connectivity index (χ2v) is 6.24. The predicted molar refractivity (Wildman–Crippen MR) is 76.4 cm³/mol. The van der Waals surface area contributed by atoms with Crippen molar-refractivity contribution in [3.63, 3.8) is 0 Å². The van der Waals surface area contributed by atoms with Crippen molar-refractivity contribution in [2.45, 2.75) is 38.1 Å². The van der Waals surface area contributed by atoms with E-state index in [0.717, 1.165) is 29.7 Å². The molecule has 0 N–H and O–H groups in total. The zero-order valence-corrected chi connectivity index (χ0v) is 12.3. The van der Waals surface area contributed by atoms with Gasteiger partial charge in [-0.2, -0.15) is 0 Å². The van der Waals surface area contributed by atoms with Crippen LogP contribution in [0.15, 0.2) is 12.1 Å². The molecule has 2 aromatic rings. The van der Waals surface area contributed by atoms with E-state index in [0.29, 0.717) is 12.0 Å². The maximum absolute atomic E-state index is 13.7. The number of imidazole rings is 1. The highest BCUT2D eigenvalue weighted by atomic mass is 35.5. The molecule has 0 saturated heterocycles. The van der Waals surface area contributed by atoms with Gasteiger partial charge in [-0.15, -0.1) is 11.6 Å². The molecule has 1 aliphatic carbocycles. The molecule has 1 heterocycles. The first-order valence-corrected chi connectivity index (χ1v) is 7.35. The van der Waals surface area contributed by atoms with E-state index in [-0.39, 0.29) is 10.4 Å². The Balaban J connectivity index is 2.21. The number of benzene rings is 1. The van der Waals surface area contributed by atoms with Gasteiger partial charge in [-0.3, -0.25) is 0 Å². The quantitative estimate of drug-likeness (QED) is 0.721. The fourth-order valence-corrected chi connectivity index (χ4v) is 3.04. The number of hydrogen-bond acceptors (Lipinski definition) is 1. The van der Waals surface area contributed by atoms with Crippen molar-refractivity contribution in [1.29, 1.82) is 0 Å². The fraction of sp³-hybridized carbons (Fsp3) is 0.500. The predicted octanol–water partition coefficient (Wildman–Crippen LogP) is 5.10. The summed E-state index contributed by atoms with van der Waals surface area (Å²) in [6, 6.07) is 3.44. The molecule has 1 aliphatic rings. The molecular weight excluding hydrogens is 286 g/mol. The summed E-state index contributed by atoms with van der Waals surface area (Å²) in [5, 5.41) is -0.0962. The van der Waals surface area contributed by atoms with Crippen molar-refractivity contribution in [3.8, 4) is 0 Å². The molecule has 19 heavy (non-hydrogen) atoms. The number of nitrogens with zero attached hydrogens (tertiary/aromatic N) is 2. The van der Waals surface area contributed by atoms with Crippen LogP contribution in [0.3, 0.4) is 0 Å². The normalized spacial score (nSPS) is 23.8. The van der Waals surface area contributed by atoms with Gasteiger partial charge in [0, 0.05) is 12.1 Å². The Bertz CT molecular complexity index is 636. The molecule has 1 fully saturated rings. The Hall–Kier alpha value is -0.800. The average Bonchev–Trinajstić information content (AvgIpc) is 3.05. The lowest BCUT2D eigenvalue weighted by Crippen LogP contribution is -2.03. The van der Waals surface area contributed by atoms with Gasteiger partial charge < -0.3 is 4.57 Å². The smallest absolute Gasteiger partial charge is 0.144 e. The third kappa shape index (κ3) is 2.13. The molecule has 5 heteroatoms. The first-order valence-electron chi connectivity index (χ1n) is 6.53. The van der Waals surface area contributed by atoms with Crippen LogP contribution in [0.5, 0.6) is 0 Å². The summed E-state index contributed by atoms with van der Waals surface area (Å²) in [5.41, 5.74) is 1.51. The first-order chi connectivity index (χ1) is 9.02. The second-order valence-electron chi connectivity index (χ2n) is 5.18. The monoisotopic (exact) mass is 300 g/mol. The lowest BCUT2D eigenvalue weighted by atomic mass is 10.3. The van der Waals surface area contributed by atoms with Crippen molar-refractivity contribution in [2.75, 3.05) is 0 Å². The minimum Gasteiger partial charge on any atom is -0.323 e. The largest absolute Gasteiger partial charge is 0.323 e. The Morgan fingerprint density at radius 3 is 2.84 bits per heavy atom. The van der Waals surface area contributed by atoms with Crippen LogP contribution in [-0.2, 0) is 0 Å². The van der Waals surface area contributed by atoms with Crippen LogP contribution in [0.25, 0.3) is 11.0 Å². The summed E-state index contributed by atoms with van der Waals surface area (Å²) < 4.78 is 15.8. The highest BCUT2D eigenvalue weighted by molar-refractivity contribution is 6.31. The third-order valence-corrected chi connectivity index (χ3v) is 4.34. The van der Waals surface area contributed by atoms with Crippen LogP contribution >= 0.6 is 23.2 Å². The molecule has 1 aromatic carbocycles. The van der Waals surface area contributed by atoms with Crippen LogP contribution in [0.1, 0.15) is 43.9 Å². The number of alkyl halides is 1. The number of halogens is 3. The van der Waals surface area contributed by atoms with Crippen LogP contribution in [-0.4, -0.2) is 9.55 Å². The van der Waals surface area contributed by atoms with E-state index in [1.165, 1.54) is 6.07 Å². The van der Waals surface area contributed by atoms with Crippen molar-refractivity contribution >= 4 is 34.2 Å². The highest BCUT2D eigenvalue weighted by Crippen LogP contribution is 2.48. The average molecular weight is 301 g/mol. The van der Waals surface area contributed by atoms with Gasteiger partial charge in [-0.1, -0.05) is 24.9 Å². The van der Waals surface area contributed by atoms with Crippen LogP contribution in [0.2, 0.25) is 5.02 Å². The van der Waals surface area contributed by atoms with Crippen molar-refractivity contribution in [2.24, 2.45) is 5.92 Å². The number of hydrogen-bond donors (Lipinski definition) is 0. The van der Waals surface area contributed by atoms with E-state index < -0.39 is 5.82 Å². The van der Waals surface area contributed by atoms with Gasteiger partial charge in [0.15, 0.2) is 0 Å². The summed E-state index contributed by atoms with van der Waals surface area (Å²) in [5.74, 6) is 1.04. The summed E-state index contributed by atoms with van der Waals surface area (Å²) in [4.78, 5) is 4.52. The maximum atomic E-state index is 13.7. The lowest BCUT2D eigenvalue weighted by molar-refractivity contribution is 0.615. The standard InChI is InChI=1S/C14H15Cl2FN2/c1-3-8-4-12(8)19-13-6-10(17)9(16)5-11(13)18-14(19)7(2)15/h5-8,12H,3-4H2,1-2H3. The van der Waals surface area contributed by atoms with E-state index in [1.807, 2.05) is 6.92 Å². The molecule has 1 aromatic heterocycles. The van der Waals surface area contributed by atoms with Gasteiger partial charge in [0.05, 0.1) is 21.4 Å². The fourth-order valence-electron chi connectivity index (χ4n) is 2.72. The Labute approximate surface area is 121 Å². The van der Waals surface area contributed by atoms with Gasteiger partial charge in [0.2, 0.25) is 0 Å². The minimum atomic E-state index is -0.405. The Morgan fingerprint density at radius 1 is 1.53 bits per heavy atom. The van der Waals surface area contributed by atoms with Gasteiger partial charge in [-0.05, 0) is 25.3 Å². The molecule has 3 atom stereocenters. The maximum Gasteiger partial charge on any atom is 0.144 e. The minimum absolute atomic E-state index is 0.105. The highest BCUT2D eigenvalue weighted by Gasteiger charge is 2.39. The molecule has 3 rings (SSSR count). The second kappa shape index (κ2) is 4.64. The molecular formula is C14H15Cl2FN2. The molecule has 1 saturated carbocycles. The van der Waals surface area contributed by atoms with Crippen molar-refractivity contribution in [3.05, 3.63) is 28.8 Å². The first kappa shape index (κ1) is 13.2. The summed E-state index contributed by atoms with van der Waals surface area (Å²) in [6.07, 6.45) is 2.24. The van der Waals surface area contributed by atoms with E-state index >= 15 is 0 Å². The van der Waals surface area contributed by atoms with E-state index in [2.05, 4.69) is 16.5 Å². The third-order valence-electron chi connectivity index (χ3n) is 3.86. The van der Waals surface area contributed by atoms with E-state index in [4.69, 9.17) is 23.2 Å². The molecule has 102 valence electrons. The number of aromatic nitrogens is 2. The molecule has 0 amide bonds. The van der Waals surface area contributed by atoms with Crippen LogP contribution in [0, 0.1) is 11.7 Å². The van der Waals surface area contributed by atoms with Gasteiger partial charge in [-0.25, -0.2) is 9.37 Å². The molecule has 2 nitrogen and oxygen atoms in total. The van der Waals surface area contributed by atoms with E-state index in [9.17, 15) is 4.39 Å². The van der Waals surface area contributed by atoms with Gasteiger partial charge >= 0.3 is 0 Å². The molecule has 0 aliphatic heterocycles. The van der Waals surface area contributed by atoms with Crippen molar-refractivity contribution in [1.82, 2.24) is 9.55 Å². The zero-order chi connectivity index (χ0) is 13.7. The summed E-state index contributed by atoms with van der Waals surface area (Å²) in [6.45, 7) is 4.06. The molecule has 0 spiro atoms. The van der Waals surface area contributed by atoms with E-state index in [1.54, 1.807) is 6.07 Å². The molecule has 0 bridgehead atoms. The summed E-state index contributed by atoms with van der Waals surface area (Å²) in [7, 11) is 0. The van der Waals surface area contributed by atoms with Crippen LogP contribution in [0.4, 0.5) is 4.39 Å². The number of fused-ring (bicyclic) bond motifs is 1. The molecule has 3 unspecified atom stereocenters. The SMILES string of the molecule is CCC1CC1n1c(C(C)Cl)nc2cc(Cl)c(F)cc21. The summed E-state index contributed by atoms with van der Waals surface area (Å²) >= 11 is 12.0. The Morgan fingerprint density at radius 2 is 2.26 bits per heavy atom.